The van der Waals surface area contributed by atoms with E-state index in [9.17, 15) is 14.9 Å². The van der Waals surface area contributed by atoms with Gasteiger partial charge in [-0.1, -0.05) is 24.3 Å². The van der Waals surface area contributed by atoms with Gasteiger partial charge in [0.25, 0.3) is 5.69 Å². The van der Waals surface area contributed by atoms with Crippen molar-refractivity contribution in [1.82, 2.24) is 4.98 Å². The van der Waals surface area contributed by atoms with Crippen LogP contribution in [0.3, 0.4) is 0 Å². The number of nitrogens with one attached hydrogen (secondary N) is 1. The zero-order chi connectivity index (χ0) is 17.1. The molecule has 7 heteroatoms. The zero-order valence-electron chi connectivity index (χ0n) is 12.7. The largest absolute Gasteiger partial charge is 0.417 e. The van der Waals surface area contributed by atoms with Crippen molar-refractivity contribution in [1.29, 1.82) is 0 Å². The zero-order valence-corrected chi connectivity index (χ0v) is 12.7. The monoisotopic (exact) mass is 323 g/mol. The first kappa shape index (κ1) is 15.4. The van der Waals surface area contributed by atoms with E-state index in [1.807, 2.05) is 12.1 Å². The number of anilines is 1. The van der Waals surface area contributed by atoms with Gasteiger partial charge in [0.05, 0.1) is 4.92 Å². The number of aromatic nitrogens is 1. The van der Waals surface area contributed by atoms with Gasteiger partial charge in [-0.25, -0.2) is 4.79 Å². The highest BCUT2D eigenvalue weighted by atomic mass is 16.6. The normalized spacial score (nSPS) is 10.4. The van der Waals surface area contributed by atoms with Crippen LogP contribution in [0.1, 0.15) is 5.56 Å². The molecule has 7 nitrogen and oxygen atoms in total. The summed E-state index contributed by atoms with van der Waals surface area (Å²) < 4.78 is 5.26. The average Bonchev–Trinajstić information content (AvgIpc) is 2.56. The third kappa shape index (κ3) is 3.14. The summed E-state index contributed by atoms with van der Waals surface area (Å²) in [6.07, 6.45) is 0.776. The smallest absolute Gasteiger partial charge is 0.408 e. The highest BCUT2D eigenvalue weighted by Crippen LogP contribution is 2.27. The summed E-state index contributed by atoms with van der Waals surface area (Å²) in [5.74, 6) is 0.278. The molecule has 1 heterocycles. The van der Waals surface area contributed by atoms with Gasteiger partial charge in [0.15, 0.2) is 5.75 Å². The van der Waals surface area contributed by atoms with E-state index in [1.165, 1.54) is 12.1 Å². The number of pyridine rings is 1. The van der Waals surface area contributed by atoms with Crippen LogP contribution < -0.4 is 10.1 Å². The molecule has 1 amide bonds. The van der Waals surface area contributed by atoms with Crippen molar-refractivity contribution in [3.8, 4) is 5.75 Å². The molecular weight excluding hydrogens is 310 g/mol. The molecule has 1 N–H and O–H groups in total. The Morgan fingerprint density at radius 3 is 2.79 bits per heavy atom. The molecule has 0 aliphatic heterocycles. The molecule has 3 rings (SSSR count). The highest BCUT2D eigenvalue weighted by Gasteiger charge is 2.17. The van der Waals surface area contributed by atoms with Crippen LogP contribution in [0.15, 0.2) is 54.7 Å². The van der Waals surface area contributed by atoms with E-state index in [1.54, 1.807) is 37.4 Å². The standard InChI is InChI=1S/C17H13N3O4/c1-11-7-8-13(14(10-11)20(22)23)19-17(21)24-15-6-2-4-12-5-3-9-18-16(12)15/h2-10H,1H3,(H,19,21). The molecule has 0 bridgehead atoms. The van der Waals surface area contributed by atoms with Gasteiger partial charge in [-0.15, -0.1) is 0 Å². The Bertz CT molecular complexity index is 935. The number of benzene rings is 2. The highest BCUT2D eigenvalue weighted by molar-refractivity contribution is 5.92. The number of hydrogen-bond donors (Lipinski definition) is 1. The molecule has 0 aliphatic rings. The van der Waals surface area contributed by atoms with Crippen LogP contribution in [-0.2, 0) is 0 Å². The Morgan fingerprint density at radius 1 is 1.21 bits per heavy atom. The number of aryl methyl sites for hydroxylation is 1. The lowest BCUT2D eigenvalue weighted by Gasteiger charge is -2.09. The number of nitro benzene ring substituents is 1. The summed E-state index contributed by atoms with van der Waals surface area (Å²) in [7, 11) is 0. The Hall–Kier alpha value is -3.48. The Morgan fingerprint density at radius 2 is 2.00 bits per heavy atom. The van der Waals surface area contributed by atoms with Gasteiger partial charge in [-0.2, -0.15) is 0 Å². The second-order valence-corrected chi connectivity index (χ2v) is 5.12. The van der Waals surface area contributed by atoms with Gasteiger partial charge in [0.1, 0.15) is 11.2 Å². The van der Waals surface area contributed by atoms with E-state index >= 15 is 0 Å². The summed E-state index contributed by atoms with van der Waals surface area (Å²) in [4.78, 5) is 26.8. The van der Waals surface area contributed by atoms with Gasteiger partial charge >= 0.3 is 6.09 Å². The topological polar surface area (TPSA) is 94.4 Å². The van der Waals surface area contributed by atoms with Gasteiger partial charge in [-0.05, 0) is 30.7 Å². The van der Waals surface area contributed by atoms with Gasteiger partial charge < -0.3 is 4.74 Å². The van der Waals surface area contributed by atoms with E-state index in [0.717, 1.165) is 10.9 Å². The van der Waals surface area contributed by atoms with E-state index in [4.69, 9.17) is 4.74 Å². The predicted octanol–water partition coefficient (Wildman–Crippen LogP) is 4.06. The lowest BCUT2D eigenvalue weighted by Crippen LogP contribution is -2.17. The first-order valence-electron chi connectivity index (χ1n) is 7.12. The summed E-state index contributed by atoms with van der Waals surface area (Å²) in [6, 6.07) is 13.3. The molecule has 3 aromatic rings. The summed E-state index contributed by atoms with van der Waals surface area (Å²) in [6.45, 7) is 1.73. The van der Waals surface area contributed by atoms with E-state index in [2.05, 4.69) is 10.3 Å². The Labute approximate surface area is 137 Å². The average molecular weight is 323 g/mol. The van der Waals surface area contributed by atoms with Crippen LogP contribution >= 0.6 is 0 Å². The maximum Gasteiger partial charge on any atom is 0.417 e. The lowest BCUT2D eigenvalue weighted by atomic mass is 10.2. The molecule has 0 radical (unpaired) electrons. The first-order valence-corrected chi connectivity index (χ1v) is 7.12. The fourth-order valence-corrected chi connectivity index (χ4v) is 2.29. The fourth-order valence-electron chi connectivity index (χ4n) is 2.29. The van der Waals surface area contributed by atoms with Crippen LogP contribution in [0.25, 0.3) is 10.9 Å². The number of ether oxygens (including phenoxy) is 1. The molecule has 0 fully saturated rings. The van der Waals surface area contributed by atoms with Crippen LogP contribution in [0, 0.1) is 17.0 Å². The van der Waals surface area contributed by atoms with Gasteiger partial charge in [0.2, 0.25) is 0 Å². The fraction of sp³-hybridized carbons (Fsp3) is 0.0588. The third-order valence-corrected chi connectivity index (χ3v) is 3.39. The van der Waals surface area contributed by atoms with Crippen molar-refractivity contribution >= 4 is 28.4 Å². The molecule has 24 heavy (non-hydrogen) atoms. The number of carbonyl (C=O) groups excluding carboxylic acids is 1. The maximum absolute atomic E-state index is 12.1. The minimum atomic E-state index is -0.819. The number of nitro groups is 1. The van der Waals surface area contributed by atoms with Crippen molar-refractivity contribution in [2.45, 2.75) is 6.92 Å². The van der Waals surface area contributed by atoms with Crippen molar-refractivity contribution < 1.29 is 14.5 Å². The van der Waals surface area contributed by atoms with Crippen molar-refractivity contribution in [3.05, 3.63) is 70.4 Å². The van der Waals surface area contributed by atoms with E-state index in [0.29, 0.717) is 5.52 Å². The van der Waals surface area contributed by atoms with Crippen LogP contribution in [0.5, 0.6) is 5.75 Å². The summed E-state index contributed by atoms with van der Waals surface area (Å²) in [5, 5.41) is 14.3. The number of nitrogens with zero attached hydrogens (tertiary/aromatic N) is 2. The molecule has 0 saturated carbocycles. The van der Waals surface area contributed by atoms with Crippen molar-refractivity contribution in [3.63, 3.8) is 0 Å². The number of hydrogen-bond acceptors (Lipinski definition) is 5. The maximum atomic E-state index is 12.1. The van der Waals surface area contributed by atoms with Gasteiger partial charge in [0, 0.05) is 17.6 Å². The van der Waals surface area contributed by atoms with E-state index < -0.39 is 11.0 Å². The van der Waals surface area contributed by atoms with Crippen molar-refractivity contribution in [2.24, 2.45) is 0 Å². The van der Waals surface area contributed by atoms with Crippen molar-refractivity contribution in [2.75, 3.05) is 5.32 Å². The molecule has 0 unspecified atom stereocenters. The number of amides is 1. The van der Waals surface area contributed by atoms with Crippen LogP contribution in [0.4, 0.5) is 16.2 Å². The molecule has 120 valence electrons. The van der Waals surface area contributed by atoms with Crippen LogP contribution in [-0.4, -0.2) is 16.0 Å². The minimum Gasteiger partial charge on any atom is -0.408 e. The summed E-state index contributed by atoms with van der Waals surface area (Å²) in [5.41, 5.74) is 1.14. The second-order valence-electron chi connectivity index (χ2n) is 5.12. The Balaban J connectivity index is 1.85. The molecule has 2 aromatic carbocycles. The Kier molecular flexibility index (Phi) is 4.07. The van der Waals surface area contributed by atoms with E-state index in [-0.39, 0.29) is 17.1 Å². The number of carbonyl (C=O) groups is 1. The number of fused-ring (bicyclic) bond motifs is 1. The molecule has 1 aromatic heterocycles. The van der Waals surface area contributed by atoms with Crippen LogP contribution in [0.2, 0.25) is 0 Å². The first-order chi connectivity index (χ1) is 11.5. The number of para-hydroxylation sites is 1. The molecule has 0 spiro atoms. The number of rotatable bonds is 3. The molecule has 0 saturated heterocycles. The van der Waals surface area contributed by atoms with Gasteiger partial charge in [-0.3, -0.25) is 20.4 Å². The predicted molar refractivity (Wildman–Crippen MR) is 89.2 cm³/mol. The quantitative estimate of drug-likeness (QED) is 0.579. The third-order valence-electron chi connectivity index (χ3n) is 3.39. The molecule has 0 aliphatic carbocycles. The second kappa shape index (κ2) is 6.33. The summed E-state index contributed by atoms with van der Waals surface area (Å²) >= 11 is 0. The molecular formula is C17H13N3O4. The molecule has 0 atom stereocenters. The SMILES string of the molecule is Cc1ccc(NC(=O)Oc2cccc3cccnc23)c([N+](=O)[O-])c1. The lowest BCUT2D eigenvalue weighted by molar-refractivity contribution is -0.384. The minimum absolute atomic E-state index is 0.0730.